The molecule has 0 saturated heterocycles. The number of halogens is 1. The third kappa shape index (κ3) is 3.35. The molecule has 0 aliphatic carbocycles. The zero-order chi connectivity index (χ0) is 12.3. The molecule has 0 saturated carbocycles. The van der Waals surface area contributed by atoms with Crippen molar-refractivity contribution in [1.29, 1.82) is 0 Å². The second-order valence-corrected chi connectivity index (χ2v) is 5.38. The summed E-state index contributed by atoms with van der Waals surface area (Å²) in [6.07, 6.45) is 2.90. The minimum atomic E-state index is -0.288. The van der Waals surface area contributed by atoms with Crippen LogP contribution in [0.25, 0.3) is 0 Å². The highest BCUT2D eigenvalue weighted by molar-refractivity contribution is 7.12. The summed E-state index contributed by atoms with van der Waals surface area (Å²) in [4.78, 5) is 6.43. The first-order valence-electron chi connectivity index (χ1n) is 5.54. The number of aromatic nitrogens is 1. The number of aryl methyl sites for hydroxylation is 1. The van der Waals surface area contributed by atoms with Crippen LogP contribution in [0.4, 0.5) is 4.39 Å². The first-order chi connectivity index (χ1) is 8.15. The Kier molecular flexibility index (Phi) is 3.86. The fourth-order valence-electron chi connectivity index (χ4n) is 1.61. The molecule has 1 atom stereocenters. The summed E-state index contributed by atoms with van der Waals surface area (Å²) in [5.41, 5.74) is 0.866. The van der Waals surface area contributed by atoms with E-state index in [1.54, 1.807) is 17.5 Å². The van der Waals surface area contributed by atoms with Gasteiger partial charge in [0, 0.05) is 28.5 Å². The van der Waals surface area contributed by atoms with Gasteiger partial charge < -0.3 is 5.32 Å². The molecule has 0 aliphatic heterocycles. The normalized spacial score (nSPS) is 12.6. The minimum absolute atomic E-state index is 0.275. The van der Waals surface area contributed by atoms with Crippen molar-refractivity contribution in [2.24, 2.45) is 0 Å². The Labute approximate surface area is 105 Å². The highest BCUT2D eigenvalue weighted by Crippen LogP contribution is 2.22. The van der Waals surface area contributed by atoms with Gasteiger partial charge in [-0.3, -0.25) is 4.98 Å². The average Bonchev–Trinajstić information content (AvgIpc) is 2.73. The number of nitrogens with zero attached hydrogens (tertiary/aromatic N) is 1. The molecule has 17 heavy (non-hydrogen) atoms. The van der Waals surface area contributed by atoms with Crippen LogP contribution < -0.4 is 5.32 Å². The van der Waals surface area contributed by atoms with Gasteiger partial charge in [0.2, 0.25) is 0 Å². The summed E-state index contributed by atoms with van der Waals surface area (Å²) in [6.45, 7) is 4.83. The zero-order valence-electron chi connectivity index (χ0n) is 9.90. The second kappa shape index (κ2) is 5.38. The summed E-state index contributed by atoms with van der Waals surface area (Å²) in [5.74, 6) is -0.288. The van der Waals surface area contributed by atoms with E-state index >= 15 is 0 Å². The van der Waals surface area contributed by atoms with Crippen molar-refractivity contribution in [2.45, 2.75) is 26.4 Å². The first kappa shape index (κ1) is 12.2. The molecule has 0 amide bonds. The van der Waals surface area contributed by atoms with Crippen molar-refractivity contribution in [3.8, 4) is 0 Å². The van der Waals surface area contributed by atoms with Gasteiger partial charge >= 0.3 is 0 Å². The van der Waals surface area contributed by atoms with E-state index in [-0.39, 0.29) is 11.9 Å². The number of nitrogens with one attached hydrogen (secondary N) is 1. The van der Waals surface area contributed by atoms with Crippen LogP contribution in [0.1, 0.15) is 28.3 Å². The molecule has 0 radical (unpaired) electrons. The van der Waals surface area contributed by atoms with Crippen molar-refractivity contribution in [2.75, 3.05) is 0 Å². The molecule has 2 rings (SSSR count). The maximum Gasteiger partial charge on any atom is 0.141 e. The van der Waals surface area contributed by atoms with Crippen molar-refractivity contribution in [3.63, 3.8) is 0 Å². The molecular weight excluding hydrogens is 235 g/mol. The Balaban J connectivity index is 1.94. The van der Waals surface area contributed by atoms with Gasteiger partial charge in [-0.25, -0.2) is 4.39 Å². The Bertz CT molecular complexity index is 496. The van der Waals surface area contributed by atoms with E-state index in [4.69, 9.17) is 0 Å². The first-order valence-corrected chi connectivity index (χ1v) is 6.36. The summed E-state index contributed by atoms with van der Waals surface area (Å²) in [5, 5.41) is 3.36. The Morgan fingerprint density at radius 1 is 1.41 bits per heavy atom. The fourth-order valence-corrected chi connectivity index (χ4v) is 2.51. The van der Waals surface area contributed by atoms with E-state index in [0.717, 1.165) is 5.56 Å². The Morgan fingerprint density at radius 2 is 2.24 bits per heavy atom. The molecule has 0 aromatic carbocycles. The SMILES string of the molecule is Cc1ccc(C(C)NCc2cncc(F)c2)s1. The lowest BCUT2D eigenvalue weighted by molar-refractivity contribution is 0.573. The predicted molar refractivity (Wildman–Crippen MR) is 68.5 cm³/mol. The maximum atomic E-state index is 12.9. The topological polar surface area (TPSA) is 24.9 Å². The Hall–Kier alpha value is -1.26. The van der Waals surface area contributed by atoms with Crippen molar-refractivity contribution < 1.29 is 4.39 Å². The third-order valence-electron chi connectivity index (χ3n) is 2.56. The maximum absolute atomic E-state index is 12.9. The standard InChI is InChI=1S/C13H15FN2S/c1-9-3-4-13(17-9)10(2)16-7-11-5-12(14)8-15-6-11/h3-6,8,10,16H,7H2,1-2H3. The molecule has 0 spiro atoms. The quantitative estimate of drug-likeness (QED) is 0.899. The van der Waals surface area contributed by atoms with E-state index < -0.39 is 0 Å². The van der Waals surface area contributed by atoms with Gasteiger partial charge in [-0.2, -0.15) is 0 Å². The molecule has 2 aromatic rings. The van der Waals surface area contributed by atoms with E-state index in [2.05, 4.69) is 36.3 Å². The molecule has 4 heteroatoms. The summed E-state index contributed by atoms with van der Waals surface area (Å²) < 4.78 is 12.9. The van der Waals surface area contributed by atoms with Crippen LogP contribution in [-0.4, -0.2) is 4.98 Å². The molecule has 90 valence electrons. The largest absolute Gasteiger partial charge is 0.305 e. The monoisotopic (exact) mass is 250 g/mol. The predicted octanol–water partition coefficient (Wildman–Crippen LogP) is 3.44. The third-order valence-corrected chi connectivity index (χ3v) is 3.75. The lowest BCUT2D eigenvalue weighted by Gasteiger charge is -2.11. The van der Waals surface area contributed by atoms with E-state index in [1.807, 2.05) is 0 Å². The smallest absolute Gasteiger partial charge is 0.141 e. The number of hydrogen-bond donors (Lipinski definition) is 1. The second-order valence-electron chi connectivity index (χ2n) is 4.06. The van der Waals surface area contributed by atoms with Crippen LogP contribution in [-0.2, 0) is 6.54 Å². The molecule has 1 N–H and O–H groups in total. The molecule has 0 fully saturated rings. The molecule has 2 heterocycles. The molecular formula is C13H15FN2S. The summed E-state index contributed by atoms with van der Waals surface area (Å²) in [6, 6.07) is 6.02. The van der Waals surface area contributed by atoms with E-state index in [0.29, 0.717) is 6.54 Å². The summed E-state index contributed by atoms with van der Waals surface area (Å²) >= 11 is 1.78. The fraction of sp³-hybridized carbons (Fsp3) is 0.308. The zero-order valence-corrected chi connectivity index (χ0v) is 10.7. The van der Waals surface area contributed by atoms with Crippen LogP contribution in [0.5, 0.6) is 0 Å². The highest BCUT2D eigenvalue weighted by Gasteiger charge is 2.07. The minimum Gasteiger partial charge on any atom is -0.305 e. The van der Waals surface area contributed by atoms with Crippen LogP contribution in [0.3, 0.4) is 0 Å². The van der Waals surface area contributed by atoms with Gasteiger partial charge in [0.25, 0.3) is 0 Å². The molecule has 2 aromatic heterocycles. The van der Waals surface area contributed by atoms with Crippen molar-refractivity contribution in [1.82, 2.24) is 10.3 Å². The average molecular weight is 250 g/mol. The lowest BCUT2D eigenvalue weighted by atomic mass is 10.2. The van der Waals surface area contributed by atoms with Gasteiger partial charge in [0.1, 0.15) is 5.82 Å². The van der Waals surface area contributed by atoms with Gasteiger partial charge in [0.15, 0.2) is 0 Å². The summed E-state index contributed by atoms with van der Waals surface area (Å²) in [7, 11) is 0. The highest BCUT2D eigenvalue weighted by atomic mass is 32.1. The van der Waals surface area contributed by atoms with Gasteiger partial charge in [-0.15, -0.1) is 11.3 Å². The molecule has 1 unspecified atom stereocenters. The number of rotatable bonds is 4. The van der Waals surface area contributed by atoms with Crippen molar-refractivity contribution >= 4 is 11.3 Å². The van der Waals surface area contributed by atoms with E-state index in [9.17, 15) is 4.39 Å². The number of pyridine rings is 1. The van der Waals surface area contributed by atoms with Crippen LogP contribution >= 0.6 is 11.3 Å². The van der Waals surface area contributed by atoms with Crippen LogP contribution in [0.2, 0.25) is 0 Å². The molecule has 2 nitrogen and oxygen atoms in total. The number of hydrogen-bond acceptors (Lipinski definition) is 3. The lowest BCUT2D eigenvalue weighted by Crippen LogP contribution is -2.17. The van der Waals surface area contributed by atoms with Gasteiger partial charge in [-0.1, -0.05) is 0 Å². The number of thiophene rings is 1. The van der Waals surface area contributed by atoms with E-state index in [1.165, 1.54) is 22.0 Å². The molecule has 0 aliphatic rings. The van der Waals surface area contributed by atoms with Crippen LogP contribution in [0.15, 0.2) is 30.6 Å². The van der Waals surface area contributed by atoms with Gasteiger partial charge in [-0.05, 0) is 37.6 Å². The van der Waals surface area contributed by atoms with Crippen molar-refractivity contribution in [3.05, 3.63) is 51.7 Å². The Morgan fingerprint density at radius 3 is 2.88 bits per heavy atom. The van der Waals surface area contributed by atoms with Crippen LogP contribution in [0, 0.1) is 12.7 Å². The molecule has 0 bridgehead atoms. The van der Waals surface area contributed by atoms with Gasteiger partial charge in [0.05, 0.1) is 6.20 Å².